The van der Waals surface area contributed by atoms with Crippen LogP contribution in [0.15, 0.2) is 12.2 Å². The Morgan fingerprint density at radius 2 is 0.694 bits per heavy atom. The van der Waals surface area contributed by atoms with Gasteiger partial charge in [-0.1, -0.05) is 200 Å². The van der Waals surface area contributed by atoms with Crippen LogP contribution in [0.1, 0.15) is 227 Å². The SMILES string of the molecule is CC=CC(=O)OCCC[Si](OCCCCCCCCCCCC)(OCCCCCCCCCCCC)OCCCCCCCCCCCC. The van der Waals surface area contributed by atoms with Crippen molar-refractivity contribution in [3.8, 4) is 0 Å². The zero-order valence-corrected chi connectivity index (χ0v) is 34.7. The summed E-state index contributed by atoms with van der Waals surface area (Å²) in [5.41, 5.74) is 0. The zero-order chi connectivity index (χ0) is 35.8. The summed E-state index contributed by atoms with van der Waals surface area (Å²) in [7, 11) is -2.88. The van der Waals surface area contributed by atoms with Gasteiger partial charge in [-0.3, -0.25) is 0 Å². The molecule has 0 unspecified atom stereocenters. The van der Waals surface area contributed by atoms with E-state index in [2.05, 4.69) is 20.8 Å². The van der Waals surface area contributed by atoms with Crippen LogP contribution in [0.25, 0.3) is 0 Å². The molecule has 0 aliphatic carbocycles. The smallest absolute Gasteiger partial charge is 0.463 e. The van der Waals surface area contributed by atoms with Crippen LogP contribution in [-0.2, 0) is 22.8 Å². The molecule has 0 rings (SSSR count). The first-order chi connectivity index (χ1) is 24.1. The van der Waals surface area contributed by atoms with Gasteiger partial charge in [0.25, 0.3) is 0 Å². The highest BCUT2D eigenvalue weighted by Crippen LogP contribution is 2.22. The van der Waals surface area contributed by atoms with Crippen LogP contribution in [0.2, 0.25) is 6.04 Å². The molecule has 0 bridgehead atoms. The fourth-order valence-electron chi connectivity index (χ4n) is 6.44. The minimum absolute atomic E-state index is 0.279. The van der Waals surface area contributed by atoms with E-state index in [0.29, 0.717) is 38.9 Å². The van der Waals surface area contributed by atoms with Gasteiger partial charge in [-0.15, -0.1) is 0 Å². The maximum Gasteiger partial charge on any atom is 0.501 e. The lowest BCUT2D eigenvalue weighted by Gasteiger charge is -2.30. The molecule has 0 N–H and O–H groups in total. The lowest BCUT2D eigenvalue weighted by molar-refractivity contribution is -0.137. The largest absolute Gasteiger partial charge is 0.501 e. The third-order valence-corrected chi connectivity index (χ3v) is 12.5. The minimum atomic E-state index is -2.88. The Morgan fingerprint density at radius 3 is 0.980 bits per heavy atom. The fourth-order valence-corrected chi connectivity index (χ4v) is 9.07. The molecule has 6 heteroatoms. The zero-order valence-electron chi connectivity index (χ0n) is 33.7. The van der Waals surface area contributed by atoms with Gasteiger partial charge < -0.3 is 18.0 Å². The molecule has 0 radical (unpaired) electrons. The van der Waals surface area contributed by atoms with E-state index in [-0.39, 0.29) is 5.97 Å². The van der Waals surface area contributed by atoms with Crippen molar-refractivity contribution >= 4 is 14.8 Å². The number of hydrogen-bond acceptors (Lipinski definition) is 5. The molecule has 0 aromatic carbocycles. The Balaban J connectivity index is 4.88. The van der Waals surface area contributed by atoms with E-state index in [1.165, 1.54) is 179 Å². The highest BCUT2D eigenvalue weighted by atomic mass is 28.4. The van der Waals surface area contributed by atoms with Crippen LogP contribution in [0.3, 0.4) is 0 Å². The van der Waals surface area contributed by atoms with Crippen molar-refractivity contribution in [2.24, 2.45) is 0 Å². The molecule has 0 atom stereocenters. The molecule has 0 aromatic heterocycles. The van der Waals surface area contributed by atoms with Crippen molar-refractivity contribution in [2.45, 2.75) is 233 Å². The van der Waals surface area contributed by atoms with Gasteiger partial charge in [0.15, 0.2) is 0 Å². The number of rotatable bonds is 41. The van der Waals surface area contributed by atoms with Gasteiger partial charge in [0.2, 0.25) is 0 Å². The van der Waals surface area contributed by atoms with E-state index in [4.69, 9.17) is 18.0 Å². The molecule has 0 amide bonds. The standard InChI is InChI=1S/C43H86O5Si/c1-5-9-12-15-18-21-24-27-30-33-39-46-49(42-36-38-45-43(44)37-8-4,47-40-34-31-28-25-22-19-16-13-10-6-2)48-41-35-32-29-26-23-20-17-14-11-7-3/h8,37H,5-7,9-36,38-42H2,1-4H3. The Bertz CT molecular complexity index is 621. The number of allylic oxidation sites excluding steroid dienone is 1. The Hall–Kier alpha value is -0.693. The molecule has 49 heavy (non-hydrogen) atoms. The Morgan fingerprint density at radius 1 is 0.408 bits per heavy atom. The summed E-state index contributed by atoms with van der Waals surface area (Å²) in [6.07, 6.45) is 43.2. The second kappa shape index (κ2) is 40.1. The quantitative estimate of drug-likeness (QED) is 0.0274. The average molecular weight is 711 g/mol. The van der Waals surface area contributed by atoms with Crippen molar-refractivity contribution in [2.75, 3.05) is 26.4 Å². The lowest BCUT2D eigenvalue weighted by Crippen LogP contribution is -2.47. The number of carbonyl (C=O) groups is 1. The maximum atomic E-state index is 11.9. The second-order valence-electron chi connectivity index (χ2n) is 14.5. The van der Waals surface area contributed by atoms with Gasteiger partial charge >= 0.3 is 14.8 Å². The number of hydrogen-bond donors (Lipinski definition) is 0. The summed E-state index contributed by atoms with van der Waals surface area (Å²) < 4.78 is 25.5. The number of ether oxygens (including phenoxy) is 1. The molecular formula is C43H86O5Si. The summed E-state index contributed by atoms with van der Waals surface area (Å²) >= 11 is 0. The minimum Gasteiger partial charge on any atom is -0.463 e. The van der Waals surface area contributed by atoms with Crippen LogP contribution in [-0.4, -0.2) is 41.2 Å². The van der Waals surface area contributed by atoms with Crippen molar-refractivity contribution in [3.63, 3.8) is 0 Å². The fraction of sp³-hybridized carbons (Fsp3) is 0.930. The molecule has 0 saturated heterocycles. The lowest BCUT2D eigenvalue weighted by atomic mass is 10.1. The number of unbranched alkanes of at least 4 members (excludes halogenated alkanes) is 27. The van der Waals surface area contributed by atoms with Gasteiger partial charge in [-0.2, -0.15) is 0 Å². The van der Waals surface area contributed by atoms with E-state index in [9.17, 15) is 4.79 Å². The normalized spacial score (nSPS) is 12.0. The summed E-state index contributed by atoms with van der Waals surface area (Å²) in [6, 6.07) is 0.712. The first-order valence-electron chi connectivity index (χ1n) is 21.8. The van der Waals surface area contributed by atoms with Crippen LogP contribution in [0.5, 0.6) is 0 Å². The molecular weight excluding hydrogens is 625 g/mol. The summed E-state index contributed by atoms with van der Waals surface area (Å²) in [6.45, 7) is 11.2. The topological polar surface area (TPSA) is 54.0 Å². The average Bonchev–Trinajstić information content (AvgIpc) is 3.10. The van der Waals surface area contributed by atoms with E-state index in [1.807, 2.05) is 6.92 Å². The molecule has 0 fully saturated rings. The summed E-state index contributed by atoms with van der Waals surface area (Å²) in [5.74, 6) is -0.279. The third kappa shape index (κ3) is 35.5. The van der Waals surface area contributed by atoms with Gasteiger partial charge in [0.1, 0.15) is 0 Å². The van der Waals surface area contributed by atoms with Crippen LogP contribution < -0.4 is 0 Å². The van der Waals surface area contributed by atoms with Crippen LogP contribution in [0, 0.1) is 0 Å². The number of carbonyl (C=O) groups excluding carboxylic acids is 1. The predicted octanol–water partition coefficient (Wildman–Crippen LogP) is 14.2. The first-order valence-corrected chi connectivity index (χ1v) is 23.8. The van der Waals surface area contributed by atoms with E-state index >= 15 is 0 Å². The van der Waals surface area contributed by atoms with Crippen molar-refractivity contribution in [3.05, 3.63) is 12.2 Å². The van der Waals surface area contributed by atoms with E-state index in [0.717, 1.165) is 19.3 Å². The molecule has 0 aromatic rings. The summed E-state index contributed by atoms with van der Waals surface area (Å²) in [5, 5.41) is 0. The van der Waals surface area contributed by atoms with Crippen molar-refractivity contribution in [1.82, 2.24) is 0 Å². The van der Waals surface area contributed by atoms with Crippen LogP contribution in [0.4, 0.5) is 0 Å². The Labute approximate surface area is 308 Å². The highest BCUT2D eigenvalue weighted by molar-refractivity contribution is 6.60. The molecule has 0 saturated carbocycles. The van der Waals surface area contributed by atoms with Gasteiger partial charge in [-0.25, -0.2) is 4.79 Å². The van der Waals surface area contributed by atoms with E-state index in [1.54, 1.807) is 6.08 Å². The highest BCUT2D eigenvalue weighted by Gasteiger charge is 2.40. The Kier molecular flexibility index (Phi) is 39.5. The van der Waals surface area contributed by atoms with Gasteiger partial charge in [0, 0.05) is 31.9 Å². The second-order valence-corrected chi connectivity index (χ2v) is 17.3. The number of esters is 1. The predicted molar refractivity (Wildman–Crippen MR) is 214 cm³/mol. The van der Waals surface area contributed by atoms with Crippen molar-refractivity contribution in [1.29, 1.82) is 0 Å². The van der Waals surface area contributed by atoms with E-state index < -0.39 is 8.80 Å². The molecule has 0 aliphatic heterocycles. The molecule has 0 aliphatic rings. The van der Waals surface area contributed by atoms with Crippen molar-refractivity contribution < 1.29 is 22.8 Å². The molecule has 5 nitrogen and oxygen atoms in total. The van der Waals surface area contributed by atoms with Crippen LogP contribution >= 0.6 is 0 Å². The molecule has 0 spiro atoms. The summed E-state index contributed by atoms with van der Waals surface area (Å²) in [4.78, 5) is 11.9. The molecule has 0 heterocycles. The van der Waals surface area contributed by atoms with Gasteiger partial charge in [0.05, 0.1) is 6.61 Å². The molecule has 292 valence electrons. The first kappa shape index (κ1) is 48.3. The maximum absolute atomic E-state index is 11.9. The third-order valence-electron chi connectivity index (χ3n) is 9.63. The van der Waals surface area contributed by atoms with Gasteiger partial charge in [-0.05, 0) is 32.6 Å². The monoisotopic (exact) mass is 711 g/mol.